The topological polar surface area (TPSA) is 33.0 Å². The molecule has 0 aliphatic heterocycles. The summed E-state index contributed by atoms with van der Waals surface area (Å²) in [5.41, 5.74) is 0.0282. The van der Waals surface area contributed by atoms with Gasteiger partial charge in [0, 0.05) is 13.0 Å². The van der Waals surface area contributed by atoms with Gasteiger partial charge in [0.2, 0.25) is 0 Å². The van der Waals surface area contributed by atoms with E-state index in [0.29, 0.717) is 0 Å². The van der Waals surface area contributed by atoms with Gasteiger partial charge in [-0.1, -0.05) is 6.92 Å². The van der Waals surface area contributed by atoms with Crippen LogP contribution in [-0.4, -0.2) is 12.7 Å². The van der Waals surface area contributed by atoms with Crippen LogP contribution >= 0.6 is 0 Å². The highest BCUT2D eigenvalue weighted by molar-refractivity contribution is 4.98. The third-order valence-electron chi connectivity index (χ3n) is 2.83. The summed E-state index contributed by atoms with van der Waals surface area (Å²) < 4.78 is 5.43. The van der Waals surface area contributed by atoms with Crippen LogP contribution in [0.3, 0.4) is 0 Å². The first-order chi connectivity index (χ1) is 5.26. The fraction of sp³-hybridized carbons (Fsp3) is 0.889. The van der Waals surface area contributed by atoms with Gasteiger partial charge in [-0.3, -0.25) is 0 Å². The number of hydrogen-bond acceptors (Lipinski definition) is 2. The van der Waals surface area contributed by atoms with Crippen LogP contribution in [0.15, 0.2) is 0 Å². The van der Waals surface area contributed by atoms with Gasteiger partial charge in [-0.15, -0.1) is 0 Å². The van der Waals surface area contributed by atoms with Gasteiger partial charge < -0.3 is 4.74 Å². The zero-order chi connectivity index (χ0) is 8.32. The predicted molar refractivity (Wildman–Crippen MR) is 43.0 cm³/mol. The van der Waals surface area contributed by atoms with Crippen molar-refractivity contribution in [2.75, 3.05) is 7.11 Å². The Labute approximate surface area is 68.2 Å². The molecule has 1 aliphatic carbocycles. The van der Waals surface area contributed by atoms with Gasteiger partial charge in [-0.05, 0) is 25.7 Å². The van der Waals surface area contributed by atoms with E-state index in [4.69, 9.17) is 10.00 Å². The van der Waals surface area contributed by atoms with Gasteiger partial charge in [-0.25, -0.2) is 0 Å². The minimum absolute atomic E-state index is 0.0282. The molecule has 2 atom stereocenters. The van der Waals surface area contributed by atoms with Gasteiger partial charge in [0.05, 0.1) is 11.7 Å². The van der Waals surface area contributed by atoms with Crippen LogP contribution in [0.2, 0.25) is 0 Å². The van der Waals surface area contributed by atoms with Crippen LogP contribution in [0.1, 0.15) is 32.6 Å². The van der Waals surface area contributed by atoms with Crippen molar-refractivity contribution in [2.24, 2.45) is 5.92 Å². The van der Waals surface area contributed by atoms with Crippen molar-refractivity contribution in [3.63, 3.8) is 0 Å². The molecule has 0 heterocycles. The lowest BCUT2D eigenvalue weighted by atomic mass is 9.97. The molecule has 1 aliphatic rings. The van der Waals surface area contributed by atoms with Gasteiger partial charge in [0.1, 0.15) is 0 Å². The molecule has 1 saturated carbocycles. The standard InChI is InChI=1S/C9H15NO/c1-3-9(11-2)5-4-8(6-9)7-10/h8H,3-6H2,1-2H3. The van der Waals surface area contributed by atoms with Crippen LogP contribution < -0.4 is 0 Å². The number of ether oxygens (including phenoxy) is 1. The zero-order valence-electron chi connectivity index (χ0n) is 7.26. The summed E-state index contributed by atoms with van der Waals surface area (Å²) in [6, 6.07) is 2.31. The maximum atomic E-state index is 8.68. The normalized spacial score (nSPS) is 37.0. The van der Waals surface area contributed by atoms with Crippen LogP contribution in [0.25, 0.3) is 0 Å². The summed E-state index contributed by atoms with van der Waals surface area (Å²) in [7, 11) is 1.75. The number of hydrogen-bond donors (Lipinski definition) is 0. The molecule has 2 heteroatoms. The fourth-order valence-corrected chi connectivity index (χ4v) is 1.85. The zero-order valence-corrected chi connectivity index (χ0v) is 7.26. The minimum atomic E-state index is 0.0282. The molecule has 0 aromatic heterocycles. The largest absolute Gasteiger partial charge is 0.378 e. The second-order valence-electron chi connectivity index (χ2n) is 3.31. The minimum Gasteiger partial charge on any atom is -0.378 e. The summed E-state index contributed by atoms with van der Waals surface area (Å²) >= 11 is 0. The highest BCUT2D eigenvalue weighted by atomic mass is 16.5. The van der Waals surface area contributed by atoms with E-state index in [1.54, 1.807) is 7.11 Å². The fourth-order valence-electron chi connectivity index (χ4n) is 1.85. The quantitative estimate of drug-likeness (QED) is 0.608. The van der Waals surface area contributed by atoms with Gasteiger partial charge in [0.25, 0.3) is 0 Å². The van der Waals surface area contributed by atoms with Crippen LogP contribution in [0.5, 0.6) is 0 Å². The molecule has 2 nitrogen and oxygen atoms in total. The van der Waals surface area contributed by atoms with E-state index in [0.717, 1.165) is 25.7 Å². The van der Waals surface area contributed by atoms with E-state index >= 15 is 0 Å². The van der Waals surface area contributed by atoms with Crippen molar-refractivity contribution < 1.29 is 4.74 Å². The first-order valence-corrected chi connectivity index (χ1v) is 4.21. The molecular formula is C9H15NO. The Kier molecular flexibility index (Phi) is 2.51. The second kappa shape index (κ2) is 3.23. The number of methoxy groups -OCH3 is 1. The predicted octanol–water partition coefficient (Wildman–Crippen LogP) is 2.11. The van der Waals surface area contributed by atoms with E-state index < -0.39 is 0 Å². The molecule has 1 rings (SSSR count). The molecule has 62 valence electrons. The Bertz CT molecular complexity index is 167. The lowest BCUT2D eigenvalue weighted by molar-refractivity contribution is -0.00904. The molecule has 0 N–H and O–H groups in total. The van der Waals surface area contributed by atoms with E-state index in [9.17, 15) is 0 Å². The summed E-state index contributed by atoms with van der Waals surface area (Å²) in [5, 5.41) is 8.68. The third kappa shape index (κ3) is 1.54. The van der Waals surface area contributed by atoms with E-state index in [1.807, 2.05) is 0 Å². The Morgan fingerprint density at radius 1 is 1.73 bits per heavy atom. The molecule has 0 saturated heterocycles. The van der Waals surface area contributed by atoms with Crippen molar-refractivity contribution in [3.8, 4) is 6.07 Å². The summed E-state index contributed by atoms with van der Waals surface area (Å²) in [6.45, 7) is 2.13. The average molecular weight is 153 g/mol. The van der Waals surface area contributed by atoms with Gasteiger partial charge >= 0.3 is 0 Å². The molecule has 0 aromatic rings. The SMILES string of the molecule is CCC1(OC)CCC(C#N)C1. The van der Waals surface area contributed by atoms with Gasteiger partial charge in [-0.2, -0.15) is 5.26 Å². The highest BCUT2D eigenvalue weighted by Gasteiger charge is 2.37. The average Bonchev–Trinajstić information content (AvgIpc) is 2.49. The molecule has 0 bridgehead atoms. The van der Waals surface area contributed by atoms with Crippen molar-refractivity contribution >= 4 is 0 Å². The second-order valence-corrected chi connectivity index (χ2v) is 3.31. The molecule has 0 aromatic carbocycles. The van der Waals surface area contributed by atoms with E-state index in [2.05, 4.69) is 13.0 Å². The molecule has 11 heavy (non-hydrogen) atoms. The third-order valence-corrected chi connectivity index (χ3v) is 2.83. The Morgan fingerprint density at radius 3 is 2.73 bits per heavy atom. The number of nitrogens with zero attached hydrogens (tertiary/aromatic N) is 1. The maximum absolute atomic E-state index is 8.68. The van der Waals surface area contributed by atoms with Crippen LogP contribution in [-0.2, 0) is 4.74 Å². The number of nitriles is 1. The van der Waals surface area contributed by atoms with E-state index in [1.165, 1.54) is 0 Å². The summed E-state index contributed by atoms with van der Waals surface area (Å²) in [5.74, 6) is 0.231. The van der Waals surface area contributed by atoms with Crippen molar-refractivity contribution in [1.29, 1.82) is 5.26 Å². The summed E-state index contributed by atoms with van der Waals surface area (Å²) in [4.78, 5) is 0. The van der Waals surface area contributed by atoms with Crippen LogP contribution in [0, 0.1) is 17.2 Å². The van der Waals surface area contributed by atoms with Crippen molar-refractivity contribution in [2.45, 2.75) is 38.2 Å². The molecule has 0 amide bonds. The molecule has 1 fully saturated rings. The maximum Gasteiger partial charge on any atom is 0.0689 e. The Hall–Kier alpha value is -0.550. The molecule has 0 spiro atoms. The van der Waals surface area contributed by atoms with Crippen molar-refractivity contribution in [1.82, 2.24) is 0 Å². The first kappa shape index (κ1) is 8.55. The smallest absolute Gasteiger partial charge is 0.0689 e. The van der Waals surface area contributed by atoms with Gasteiger partial charge in [0.15, 0.2) is 0 Å². The lowest BCUT2D eigenvalue weighted by Gasteiger charge is -2.25. The van der Waals surface area contributed by atoms with E-state index in [-0.39, 0.29) is 11.5 Å². The highest BCUT2D eigenvalue weighted by Crippen LogP contribution is 2.38. The molecule has 0 radical (unpaired) electrons. The molecular weight excluding hydrogens is 138 g/mol. The van der Waals surface area contributed by atoms with Crippen molar-refractivity contribution in [3.05, 3.63) is 0 Å². The lowest BCUT2D eigenvalue weighted by Crippen LogP contribution is -2.26. The first-order valence-electron chi connectivity index (χ1n) is 4.21. The molecule has 2 unspecified atom stereocenters. The monoisotopic (exact) mass is 153 g/mol. The van der Waals surface area contributed by atoms with Crippen LogP contribution in [0.4, 0.5) is 0 Å². The summed E-state index contributed by atoms with van der Waals surface area (Å²) in [6.07, 6.45) is 4.02. The Balaban J connectivity index is 2.56. The number of rotatable bonds is 2. The Morgan fingerprint density at radius 2 is 2.45 bits per heavy atom.